The zero-order valence-corrected chi connectivity index (χ0v) is 11.9. The molecule has 104 valence electrons. The molecule has 0 fully saturated rings. The van der Waals surface area contributed by atoms with Gasteiger partial charge in [-0.2, -0.15) is 0 Å². The van der Waals surface area contributed by atoms with Gasteiger partial charge in [0.25, 0.3) is 0 Å². The van der Waals surface area contributed by atoms with Gasteiger partial charge in [0.15, 0.2) is 0 Å². The van der Waals surface area contributed by atoms with Crippen LogP contribution in [0, 0.1) is 12.7 Å². The molecule has 0 aliphatic heterocycles. The molecule has 19 heavy (non-hydrogen) atoms. The smallest absolute Gasteiger partial charge is 0.330 e. The van der Waals surface area contributed by atoms with Gasteiger partial charge in [0.05, 0.1) is 6.61 Å². The van der Waals surface area contributed by atoms with Gasteiger partial charge < -0.3 is 9.64 Å². The maximum Gasteiger partial charge on any atom is 0.330 e. The number of benzene rings is 1. The van der Waals surface area contributed by atoms with Gasteiger partial charge in [0.1, 0.15) is 5.82 Å². The SMILES string of the molecule is CCOC(=O)C=Cc1cc(CN(C)C)c(F)cc1C. The van der Waals surface area contributed by atoms with E-state index in [2.05, 4.69) is 0 Å². The number of carbonyl (C=O) groups is 1. The van der Waals surface area contributed by atoms with Crippen molar-refractivity contribution in [3.05, 3.63) is 40.7 Å². The third-order valence-corrected chi connectivity index (χ3v) is 2.61. The van der Waals surface area contributed by atoms with Crippen LogP contribution < -0.4 is 0 Å². The van der Waals surface area contributed by atoms with Gasteiger partial charge in [-0.25, -0.2) is 9.18 Å². The molecule has 1 aromatic rings. The summed E-state index contributed by atoms with van der Waals surface area (Å²) < 4.78 is 18.6. The predicted octanol–water partition coefficient (Wildman–Crippen LogP) is 2.77. The molecule has 0 radical (unpaired) electrons. The molecular formula is C15H20FNO2. The Bertz CT molecular complexity index is 481. The van der Waals surface area contributed by atoms with Crippen molar-refractivity contribution in [2.24, 2.45) is 0 Å². The maximum absolute atomic E-state index is 13.8. The van der Waals surface area contributed by atoms with Crippen molar-refractivity contribution in [3.63, 3.8) is 0 Å². The van der Waals surface area contributed by atoms with Crippen molar-refractivity contribution in [1.82, 2.24) is 4.90 Å². The van der Waals surface area contributed by atoms with Gasteiger partial charge in [-0.15, -0.1) is 0 Å². The average Bonchev–Trinajstić information content (AvgIpc) is 2.31. The van der Waals surface area contributed by atoms with Gasteiger partial charge >= 0.3 is 5.97 Å². The summed E-state index contributed by atoms with van der Waals surface area (Å²) in [5, 5.41) is 0. The van der Waals surface area contributed by atoms with Gasteiger partial charge in [-0.05, 0) is 57.3 Å². The summed E-state index contributed by atoms with van der Waals surface area (Å²) in [7, 11) is 3.76. The fraction of sp³-hybridized carbons (Fsp3) is 0.400. The van der Waals surface area contributed by atoms with Crippen LogP contribution in [0.3, 0.4) is 0 Å². The van der Waals surface area contributed by atoms with Crippen molar-refractivity contribution < 1.29 is 13.9 Å². The summed E-state index contributed by atoms with van der Waals surface area (Å²) >= 11 is 0. The fourth-order valence-corrected chi connectivity index (χ4v) is 1.73. The molecule has 0 aliphatic carbocycles. The van der Waals surface area contributed by atoms with E-state index in [1.54, 1.807) is 19.1 Å². The van der Waals surface area contributed by atoms with E-state index in [9.17, 15) is 9.18 Å². The van der Waals surface area contributed by atoms with Crippen molar-refractivity contribution in [2.45, 2.75) is 20.4 Å². The second-order valence-electron chi connectivity index (χ2n) is 4.62. The standard InChI is InChI=1S/C15H20FNO2/c1-5-19-15(18)7-6-12-9-13(10-17(3)4)14(16)8-11(12)2/h6-9H,5,10H2,1-4H3. The number of ether oxygens (including phenoxy) is 1. The minimum atomic E-state index is -0.389. The molecule has 1 rings (SSSR count). The molecule has 0 bridgehead atoms. The summed E-state index contributed by atoms with van der Waals surface area (Å²) in [5.74, 6) is -0.611. The fourth-order valence-electron chi connectivity index (χ4n) is 1.73. The lowest BCUT2D eigenvalue weighted by Gasteiger charge is -2.12. The minimum Gasteiger partial charge on any atom is -0.463 e. The summed E-state index contributed by atoms with van der Waals surface area (Å²) in [6.07, 6.45) is 3.02. The van der Waals surface area contributed by atoms with E-state index in [0.29, 0.717) is 18.7 Å². The van der Waals surface area contributed by atoms with Crippen molar-refractivity contribution in [2.75, 3.05) is 20.7 Å². The predicted molar refractivity (Wildman–Crippen MR) is 74.2 cm³/mol. The lowest BCUT2D eigenvalue weighted by atomic mass is 10.0. The molecular weight excluding hydrogens is 245 g/mol. The first-order valence-corrected chi connectivity index (χ1v) is 6.22. The molecule has 0 saturated heterocycles. The van der Waals surface area contributed by atoms with Crippen LogP contribution in [0.15, 0.2) is 18.2 Å². The van der Waals surface area contributed by atoms with E-state index < -0.39 is 0 Å². The van der Waals surface area contributed by atoms with Gasteiger partial charge in [0.2, 0.25) is 0 Å². The van der Waals surface area contributed by atoms with Crippen LogP contribution in [-0.2, 0) is 16.1 Å². The molecule has 0 unspecified atom stereocenters. The maximum atomic E-state index is 13.8. The number of esters is 1. The number of hydrogen-bond acceptors (Lipinski definition) is 3. The highest BCUT2D eigenvalue weighted by molar-refractivity contribution is 5.87. The third kappa shape index (κ3) is 4.83. The number of rotatable bonds is 5. The Morgan fingerprint density at radius 3 is 2.68 bits per heavy atom. The molecule has 0 amide bonds. The molecule has 0 aliphatic rings. The number of carbonyl (C=O) groups excluding carboxylic acids is 1. The van der Waals surface area contributed by atoms with E-state index in [0.717, 1.165) is 11.1 Å². The van der Waals surface area contributed by atoms with E-state index in [-0.39, 0.29) is 11.8 Å². The van der Waals surface area contributed by atoms with E-state index in [1.807, 2.05) is 25.9 Å². The number of hydrogen-bond donors (Lipinski definition) is 0. The van der Waals surface area contributed by atoms with Gasteiger partial charge in [0, 0.05) is 18.2 Å². The molecule has 0 aromatic heterocycles. The van der Waals surface area contributed by atoms with Gasteiger partial charge in [-0.1, -0.05) is 0 Å². The third-order valence-electron chi connectivity index (χ3n) is 2.61. The largest absolute Gasteiger partial charge is 0.463 e. The Morgan fingerprint density at radius 1 is 1.42 bits per heavy atom. The summed E-state index contributed by atoms with van der Waals surface area (Å²) in [6.45, 7) is 4.43. The Kier molecular flexibility index (Phi) is 5.70. The quantitative estimate of drug-likeness (QED) is 0.605. The highest BCUT2D eigenvalue weighted by Gasteiger charge is 2.07. The molecule has 0 heterocycles. The summed E-state index contributed by atoms with van der Waals surface area (Å²) in [6, 6.07) is 3.25. The number of aryl methyl sites for hydroxylation is 1. The zero-order chi connectivity index (χ0) is 14.4. The number of nitrogens with zero attached hydrogens (tertiary/aromatic N) is 1. The first-order valence-electron chi connectivity index (χ1n) is 6.22. The van der Waals surface area contributed by atoms with Crippen LogP contribution in [0.2, 0.25) is 0 Å². The lowest BCUT2D eigenvalue weighted by Crippen LogP contribution is -2.12. The monoisotopic (exact) mass is 265 g/mol. The van der Waals surface area contributed by atoms with Crippen LogP contribution in [0.4, 0.5) is 4.39 Å². The minimum absolute atomic E-state index is 0.223. The molecule has 0 saturated carbocycles. The zero-order valence-electron chi connectivity index (χ0n) is 11.9. The first kappa shape index (κ1) is 15.4. The molecule has 1 aromatic carbocycles. The molecule has 0 spiro atoms. The van der Waals surface area contributed by atoms with E-state index in [1.165, 1.54) is 12.1 Å². The molecule has 3 nitrogen and oxygen atoms in total. The van der Waals surface area contributed by atoms with Crippen molar-refractivity contribution in [3.8, 4) is 0 Å². The Hall–Kier alpha value is -1.68. The first-order chi connectivity index (χ1) is 8.93. The highest BCUT2D eigenvalue weighted by atomic mass is 19.1. The average molecular weight is 265 g/mol. The van der Waals surface area contributed by atoms with Crippen molar-refractivity contribution >= 4 is 12.0 Å². The molecule has 4 heteroatoms. The topological polar surface area (TPSA) is 29.5 Å². The second-order valence-corrected chi connectivity index (χ2v) is 4.62. The summed E-state index contributed by atoms with van der Waals surface area (Å²) in [4.78, 5) is 13.2. The Labute approximate surface area is 113 Å². The number of halogens is 1. The summed E-state index contributed by atoms with van der Waals surface area (Å²) in [5.41, 5.74) is 2.23. The van der Waals surface area contributed by atoms with Crippen LogP contribution >= 0.6 is 0 Å². The van der Waals surface area contributed by atoms with Gasteiger partial charge in [-0.3, -0.25) is 0 Å². The van der Waals surface area contributed by atoms with Crippen LogP contribution in [-0.4, -0.2) is 31.6 Å². The normalized spacial score (nSPS) is 11.3. The van der Waals surface area contributed by atoms with E-state index in [4.69, 9.17) is 4.74 Å². The van der Waals surface area contributed by atoms with Crippen LogP contribution in [0.25, 0.3) is 6.08 Å². The Balaban J connectivity index is 2.97. The molecule has 0 atom stereocenters. The second kappa shape index (κ2) is 7.04. The lowest BCUT2D eigenvalue weighted by molar-refractivity contribution is -0.137. The van der Waals surface area contributed by atoms with Crippen molar-refractivity contribution in [1.29, 1.82) is 0 Å². The van der Waals surface area contributed by atoms with E-state index >= 15 is 0 Å². The highest BCUT2D eigenvalue weighted by Crippen LogP contribution is 2.18. The van der Waals surface area contributed by atoms with Crippen LogP contribution in [0.1, 0.15) is 23.6 Å². The molecule has 0 N–H and O–H groups in total. The van der Waals surface area contributed by atoms with Crippen LogP contribution in [0.5, 0.6) is 0 Å². The Morgan fingerprint density at radius 2 is 2.11 bits per heavy atom.